The summed E-state index contributed by atoms with van der Waals surface area (Å²) in [6.07, 6.45) is 5.11. The maximum atomic E-state index is 11.4. The Balaban J connectivity index is 2.31. The number of carboxylic acid groups (broad SMARTS) is 1. The van der Waals surface area contributed by atoms with Crippen LogP contribution in [0.15, 0.2) is 42.9 Å². The molecular weight excluding hydrogens is 256 g/mol. The zero-order valence-electron chi connectivity index (χ0n) is 10.7. The van der Waals surface area contributed by atoms with E-state index in [0.29, 0.717) is 11.3 Å². The van der Waals surface area contributed by atoms with Gasteiger partial charge in [0.1, 0.15) is 5.82 Å². The van der Waals surface area contributed by atoms with Crippen molar-refractivity contribution in [2.24, 2.45) is 0 Å². The first kappa shape index (κ1) is 12.2. The number of rotatable bonds is 3. The summed E-state index contributed by atoms with van der Waals surface area (Å²) in [7, 11) is 1.78. The van der Waals surface area contributed by atoms with Crippen molar-refractivity contribution in [3.8, 4) is 11.4 Å². The first-order valence-electron chi connectivity index (χ1n) is 6.04. The van der Waals surface area contributed by atoms with Crippen molar-refractivity contribution in [2.45, 2.75) is 0 Å². The van der Waals surface area contributed by atoms with Gasteiger partial charge in [-0.1, -0.05) is 0 Å². The lowest BCUT2D eigenvalue weighted by Crippen LogP contribution is -1.98. The zero-order chi connectivity index (χ0) is 14.1. The summed E-state index contributed by atoms with van der Waals surface area (Å²) < 4.78 is 1.76. The van der Waals surface area contributed by atoms with Crippen LogP contribution in [0, 0.1) is 0 Å². The lowest BCUT2D eigenvalue weighted by atomic mass is 10.2. The molecule has 3 heterocycles. The molecular formula is C14H12N4O2. The number of nitrogens with one attached hydrogen (secondary N) is 1. The summed E-state index contributed by atoms with van der Waals surface area (Å²) in [4.78, 5) is 19.5. The molecule has 0 atom stereocenters. The summed E-state index contributed by atoms with van der Waals surface area (Å²) in [5.74, 6) is -0.460. The van der Waals surface area contributed by atoms with Gasteiger partial charge >= 0.3 is 5.97 Å². The molecule has 20 heavy (non-hydrogen) atoms. The number of aromatic nitrogens is 3. The average Bonchev–Trinajstić information content (AvgIpc) is 2.87. The molecule has 0 spiro atoms. The number of hydrogen-bond acceptors (Lipinski definition) is 4. The maximum Gasteiger partial charge on any atom is 0.356 e. The average molecular weight is 268 g/mol. The van der Waals surface area contributed by atoms with E-state index in [4.69, 9.17) is 0 Å². The number of carboxylic acids is 1. The Labute approximate surface area is 114 Å². The largest absolute Gasteiger partial charge is 0.476 e. The van der Waals surface area contributed by atoms with Crippen molar-refractivity contribution in [1.29, 1.82) is 0 Å². The minimum Gasteiger partial charge on any atom is -0.476 e. The highest BCUT2D eigenvalue weighted by Crippen LogP contribution is 2.24. The van der Waals surface area contributed by atoms with Crippen LogP contribution in [0.25, 0.3) is 16.9 Å². The maximum absolute atomic E-state index is 11.4. The van der Waals surface area contributed by atoms with Gasteiger partial charge in [0.05, 0.1) is 5.52 Å². The summed E-state index contributed by atoms with van der Waals surface area (Å²) in [6.45, 7) is 0. The van der Waals surface area contributed by atoms with Gasteiger partial charge in [0.25, 0.3) is 0 Å². The minimum atomic E-state index is -1.05. The topological polar surface area (TPSA) is 79.5 Å². The Morgan fingerprint density at radius 3 is 2.70 bits per heavy atom. The second-order valence-electron chi connectivity index (χ2n) is 4.25. The molecule has 0 amide bonds. The Kier molecular flexibility index (Phi) is 2.83. The smallest absolute Gasteiger partial charge is 0.356 e. The van der Waals surface area contributed by atoms with Crippen LogP contribution in [0.3, 0.4) is 0 Å². The van der Waals surface area contributed by atoms with E-state index < -0.39 is 5.97 Å². The van der Waals surface area contributed by atoms with E-state index in [1.165, 1.54) is 0 Å². The van der Waals surface area contributed by atoms with Crippen molar-refractivity contribution >= 4 is 17.2 Å². The number of carbonyl (C=O) groups is 1. The lowest BCUT2D eigenvalue weighted by Gasteiger charge is -2.03. The standard InChI is InChI=1S/C14H12N4O2/c1-15-10-4-7-18-11(8-10)12(14(19)20)17-13(18)9-2-5-16-6-3-9/h2-8,15H,1H3,(H,19,20). The van der Waals surface area contributed by atoms with Crippen LogP contribution in [-0.4, -0.2) is 32.5 Å². The second kappa shape index (κ2) is 4.65. The molecule has 6 heteroatoms. The summed E-state index contributed by atoms with van der Waals surface area (Å²) in [5.41, 5.74) is 2.24. The second-order valence-corrected chi connectivity index (χ2v) is 4.25. The normalized spacial score (nSPS) is 10.7. The molecule has 3 aromatic rings. The van der Waals surface area contributed by atoms with Gasteiger partial charge in [-0.2, -0.15) is 0 Å². The van der Waals surface area contributed by atoms with Gasteiger partial charge in [0.15, 0.2) is 5.69 Å². The molecule has 3 rings (SSSR count). The van der Waals surface area contributed by atoms with E-state index in [2.05, 4.69) is 15.3 Å². The van der Waals surface area contributed by atoms with E-state index in [9.17, 15) is 9.90 Å². The first-order chi connectivity index (χ1) is 9.70. The van der Waals surface area contributed by atoms with Gasteiger partial charge in [-0.05, 0) is 24.3 Å². The number of anilines is 1. The predicted molar refractivity (Wildman–Crippen MR) is 74.9 cm³/mol. The van der Waals surface area contributed by atoms with Crippen LogP contribution in [0.2, 0.25) is 0 Å². The molecule has 0 aliphatic heterocycles. The lowest BCUT2D eigenvalue weighted by molar-refractivity contribution is 0.0693. The van der Waals surface area contributed by atoms with Crippen LogP contribution < -0.4 is 5.32 Å². The van der Waals surface area contributed by atoms with Gasteiger partial charge in [0.2, 0.25) is 0 Å². The molecule has 0 saturated carbocycles. The van der Waals surface area contributed by atoms with Crippen molar-refractivity contribution in [3.63, 3.8) is 0 Å². The monoisotopic (exact) mass is 268 g/mol. The SMILES string of the molecule is CNc1ccn2c(-c3ccncc3)nc(C(=O)O)c2c1. The van der Waals surface area contributed by atoms with E-state index in [0.717, 1.165) is 11.3 Å². The minimum absolute atomic E-state index is 0.0360. The first-order valence-corrected chi connectivity index (χ1v) is 6.04. The number of pyridine rings is 2. The Hall–Kier alpha value is -2.89. The molecule has 6 nitrogen and oxygen atoms in total. The van der Waals surface area contributed by atoms with E-state index in [1.54, 1.807) is 48.2 Å². The molecule has 0 fully saturated rings. The fourth-order valence-electron chi connectivity index (χ4n) is 2.10. The third-order valence-electron chi connectivity index (χ3n) is 3.07. The highest BCUT2D eigenvalue weighted by atomic mass is 16.4. The van der Waals surface area contributed by atoms with Crippen LogP contribution in [0.5, 0.6) is 0 Å². The highest BCUT2D eigenvalue weighted by molar-refractivity contribution is 5.95. The summed E-state index contributed by atoms with van der Waals surface area (Å²) in [6, 6.07) is 7.23. The Morgan fingerprint density at radius 2 is 2.05 bits per heavy atom. The third-order valence-corrected chi connectivity index (χ3v) is 3.07. The molecule has 3 aromatic heterocycles. The van der Waals surface area contributed by atoms with Crippen LogP contribution in [0.4, 0.5) is 5.69 Å². The molecule has 0 saturated heterocycles. The van der Waals surface area contributed by atoms with Crippen LogP contribution >= 0.6 is 0 Å². The molecule has 0 bridgehead atoms. The fraction of sp³-hybridized carbons (Fsp3) is 0.0714. The van der Waals surface area contributed by atoms with E-state index >= 15 is 0 Å². The fourth-order valence-corrected chi connectivity index (χ4v) is 2.10. The number of hydrogen-bond donors (Lipinski definition) is 2. The summed E-state index contributed by atoms with van der Waals surface area (Å²) >= 11 is 0. The molecule has 0 unspecified atom stereocenters. The van der Waals surface area contributed by atoms with Gasteiger partial charge in [-0.3, -0.25) is 9.38 Å². The third kappa shape index (κ3) is 1.87. The predicted octanol–water partition coefficient (Wildman–Crippen LogP) is 2.14. The van der Waals surface area contributed by atoms with Crippen molar-refractivity contribution in [2.75, 3.05) is 12.4 Å². The van der Waals surface area contributed by atoms with E-state index in [1.807, 2.05) is 6.07 Å². The van der Waals surface area contributed by atoms with Crippen LogP contribution in [0.1, 0.15) is 10.5 Å². The van der Waals surface area contributed by atoms with Crippen molar-refractivity contribution < 1.29 is 9.90 Å². The number of imidazole rings is 1. The molecule has 0 aliphatic rings. The molecule has 100 valence electrons. The number of nitrogens with zero attached hydrogens (tertiary/aromatic N) is 3. The molecule has 2 N–H and O–H groups in total. The molecule has 0 aromatic carbocycles. The molecule has 0 aliphatic carbocycles. The molecule has 0 radical (unpaired) electrons. The van der Waals surface area contributed by atoms with Gasteiger partial charge in [0, 0.05) is 36.9 Å². The zero-order valence-corrected chi connectivity index (χ0v) is 10.7. The quantitative estimate of drug-likeness (QED) is 0.760. The number of fused-ring (bicyclic) bond motifs is 1. The van der Waals surface area contributed by atoms with Crippen LogP contribution in [-0.2, 0) is 0 Å². The van der Waals surface area contributed by atoms with E-state index in [-0.39, 0.29) is 5.69 Å². The van der Waals surface area contributed by atoms with Crippen molar-refractivity contribution in [1.82, 2.24) is 14.4 Å². The van der Waals surface area contributed by atoms with Gasteiger partial charge < -0.3 is 10.4 Å². The summed E-state index contributed by atoms with van der Waals surface area (Å²) in [5, 5.41) is 12.3. The van der Waals surface area contributed by atoms with Crippen molar-refractivity contribution in [3.05, 3.63) is 48.5 Å². The van der Waals surface area contributed by atoms with Gasteiger partial charge in [-0.25, -0.2) is 9.78 Å². The Bertz CT molecular complexity index is 780. The Morgan fingerprint density at radius 1 is 1.30 bits per heavy atom. The van der Waals surface area contributed by atoms with Gasteiger partial charge in [-0.15, -0.1) is 0 Å². The highest BCUT2D eigenvalue weighted by Gasteiger charge is 2.17. The number of aromatic carboxylic acids is 1.